The predicted octanol–water partition coefficient (Wildman–Crippen LogP) is 2.33. The number of nitrogens with zero attached hydrogens (tertiary/aromatic N) is 1. The molecule has 5 heteroatoms. The minimum Gasteiger partial charge on any atom is -0.485 e. The molecule has 1 N–H and O–H groups in total. The lowest BCUT2D eigenvalue weighted by Crippen LogP contribution is -2.32. The molecule has 0 fully saturated rings. The van der Waals surface area contributed by atoms with Crippen molar-refractivity contribution in [3.8, 4) is 16.9 Å². The molecule has 0 bridgehead atoms. The molecule has 108 valence electrons. The Morgan fingerprint density at radius 2 is 2.33 bits per heavy atom. The van der Waals surface area contributed by atoms with Crippen LogP contribution in [0.15, 0.2) is 36.7 Å². The quantitative estimate of drug-likeness (QED) is 0.942. The zero-order valence-electron chi connectivity index (χ0n) is 11.6. The van der Waals surface area contributed by atoms with E-state index in [1.165, 1.54) is 13.0 Å². The van der Waals surface area contributed by atoms with Gasteiger partial charge < -0.3 is 10.1 Å². The highest BCUT2D eigenvalue weighted by atomic mass is 19.1. The number of carbonyl (C=O) groups excluding carboxylic acids is 1. The van der Waals surface area contributed by atoms with Gasteiger partial charge in [-0.3, -0.25) is 9.78 Å². The molecule has 1 aromatic carbocycles. The van der Waals surface area contributed by atoms with E-state index < -0.39 is 0 Å². The summed E-state index contributed by atoms with van der Waals surface area (Å²) in [6.45, 7) is 1.83. The normalized spacial score (nSPS) is 16.2. The van der Waals surface area contributed by atoms with E-state index in [-0.39, 0.29) is 23.6 Å². The van der Waals surface area contributed by atoms with Crippen molar-refractivity contribution >= 4 is 5.91 Å². The van der Waals surface area contributed by atoms with Crippen LogP contribution in [0.1, 0.15) is 12.5 Å². The molecular formula is C16H15FN2O2. The fourth-order valence-corrected chi connectivity index (χ4v) is 2.46. The third-order valence-electron chi connectivity index (χ3n) is 3.43. The van der Waals surface area contributed by atoms with E-state index in [1.807, 2.05) is 18.2 Å². The smallest absolute Gasteiger partial charge is 0.217 e. The molecule has 2 aromatic rings. The Hall–Kier alpha value is -2.43. The van der Waals surface area contributed by atoms with Crippen molar-refractivity contribution in [2.24, 2.45) is 0 Å². The summed E-state index contributed by atoms with van der Waals surface area (Å²) >= 11 is 0. The Labute approximate surface area is 122 Å². The van der Waals surface area contributed by atoms with E-state index in [1.54, 1.807) is 12.4 Å². The van der Waals surface area contributed by atoms with Crippen molar-refractivity contribution in [2.75, 3.05) is 6.54 Å². The molecule has 1 aliphatic heterocycles. The van der Waals surface area contributed by atoms with Gasteiger partial charge in [0.1, 0.15) is 6.10 Å². The molecule has 1 unspecified atom stereocenters. The number of ether oxygens (including phenoxy) is 1. The maximum Gasteiger partial charge on any atom is 0.217 e. The highest BCUT2D eigenvalue weighted by Gasteiger charge is 2.26. The van der Waals surface area contributed by atoms with E-state index in [0.29, 0.717) is 13.0 Å². The molecule has 0 radical (unpaired) electrons. The summed E-state index contributed by atoms with van der Waals surface area (Å²) in [6, 6.07) is 7.08. The standard InChI is InChI=1S/C16H15FN2O2/c1-10(20)19-9-14-6-13-5-12(7-15(17)16(13)21-14)11-3-2-4-18-8-11/h2-5,7-8,14H,6,9H2,1H3,(H,19,20). The number of nitrogens with one attached hydrogen (secondary N) is 1. The molecule has 1 amide bonds. The zero-order valence-corrected chi connectivity index (χ0v) is 11.6. The van der Waals surface area contributed by atoms with Gasteiger partial charge in [0.2, 0.25) is 5.91 Å². The Morgan fingerprint density at radius 1 is 1.48 bits per heavy atom. The molecule has 1 aliphatic rings. The Bertz CT molecular complexity index is 673. The lowest BCUT2D eigenvalue weighted by Gasteiger charge is -2.10. The zero-order chi connectivity index (χ0) is 14.8. The van der Waals surface area contributed by atoms with Crippen LogP contribution in [0, 0.1) is 5.82 Å². The first-order valence-corrected chi connectivity index (χ1v) is 6.77. The van der Waals surface area contributed by atoms with E-state index in [2.05, 4.69) is 10.3 Å². The van der Waals surface area contributed by atoms with Gasteiger partial charge in [-0.2, -0.15) is 0 Å². The van der Waals surface area contributed by atoms with Crippen molar-refractivity contribution < 1.29 is 13.9 Å². The van der Waals surface area contributed by atoms with Gasteiger partial charge in [-0.15, -0.1) is 0 Å². The van der Waals surface area contributed by atoms with Crippen molar-refractivity contribution in [3.05, 3.63) is 48.0 Å². The van der Waals surface area contributed by atoms with Crippen LogP contribution in [0.2, 0.25) is 0 Å². The second-order valence-corrected chi connectivity index (χ2v) is 5.07. The van der Waals surface area contributed by atoms with Gasteiger partial charge in [0.15, 0.2) is 11.6 Å². The van der Waals surface area contributed by atoms with Gasteiger partial charge in [0, 0.05) is 36.9 Å². The SMILES string of the molecule is CC(=O)NCC1Cc2cc(-c3cccnc3)cc(F)c2O1. The third kappa shape index (κ3) is 2.86. The summed E-state index contributed by atoms with van der Waals surface area (Å²) in [5, 5.41) is 2.69. The first-order valence-electron chi connectivity index (χ1n) is 6.77. The number of halogens is 1. The number of carbonyl (C=O) groups is 1. The average molecular weight is 286 g/mol. The summed E-state index contributed by atoms with van der Waals surface area (Å²) in [4.78, 5) is 15.0. The first-order chi connectivity index (χ1) is 10.1. The Balaban J connectivity index is 1.84. The number of hydrogen-bond acceptors (Lipinski definition) is 3. The van der Waals surface area contributed by atoms with Gasteiger partial charge >= 0.3 is 0 Å². The molecule has 0 spiro atoms. The van der Waals surface area contributed by atoms with Crippen molar-refractivity contribution in [2.45, 2.75) is 19.4 Å². The van der Waals surface area contributed by atoms with Crippen LogP contribution >= 0.6 is 0 Å². The van der Waals surface area contributed by atoms with Gasteiger partial charge in [0.25, 0.3) is 0 Å². The monoisotopic (exact) mass is 286 g/mol. The van der Waals surface area contributed by atoms with Gasteiger partial charge in [-0.25, -0.2) is 4.39 Å². The third-order valence-corrected chi connectivity index (χ3v) is 3.43. The van der Waals surface area contributed by atoms with E-state index in [0.717, 1.165) is 16.7 Å². The summed E-state index contributed by atoms with van der Waals surface area (Å²) in [5.74, 6) is -0.208. The topological polar surface area (TPSA) is 51.2 Å². The highest BCUT2D eigenvalue weighted by molar-refractivity contribution is 5.72. The first kappa shape index (κ1) is 13.5. The number of amides is 1. The van der Waals surface area contributed by atoms with E-state index in [4.69, 9.17) is 4.74 Å². The van der Waals surface area contributed by atoms with Crippen molar-refractivity contribution in [3.63, 3.8) is 0 Å². The molecule has 3 rings (SSSR count). The summed E-state index contributed by atoms with van der Waals surface area (Å²) in [6.07, 6.45) is 3.74. The number of pyridine rings is 1. The lowest BCUT2D eigenvalue weighted by molar-refractivity contribution is -0.119. The molecular weight excluding hydrogens is 271 g/mol. The predicted molar refractivity (Wildman–Crippen MR) is 76.4 cm³/mol. The number of aromatic nitrogens is 1. The Morgan fingerprint density at radius 3 is 3.05 bits per heavy atom. The Kier molecular flexibility index (Phi) is 3.56. The van der Waals surface area contributed by atoms with Crippen LogP contribution in [0.5, 0.6) is 5.75 Å². The molecule has 1 aromatic heterocycles. The fraction of sp³-hybridized carbons (Fsp3) is 0.250. The van der Waals surface area contributed by atoms with Crippen LogP contribution in [0.4, 0.5) is 4.39 Å². The molecule has 4 nitrogen and oxygen atoms in total. The highest BCUT2D eigenvalue weighted by Crippen LogP contribution is 2.35. The maximum absolute atomic E-state index is 14.2. The van der Waals surface area contributed by atoms with Gasteiger partial charge in [0.05, 0.1) is 6.54 Å². The maximum atomic E-state index is 14.2. The van der Waals surface area contributed by atoms with Crippen LogP contribution < -0.4 is 10.1 Å². The van der Waals surface area contributed by atoms with Crippen LogP contribution in [0.3, 0.4) is 0 Å². The van der Waals surface area contributed by atoms with Crippen LogP contribution in [-0.2, 0) is 11.2 Å². The summed E-state index contributed by atoms with van der Waals surface area (Å²) < 4.78 is 19.8. The molecule has 1 atom stereocenters. The minimum atomic E-state index is -0.378. The van der Waals surface area contributed by atoms with E-state index >= 15 is 0 Å². The van der Waals surface area contributed by atoms with Gasteiger partial charge in [-0.05, 0) is 23.8 Å². The van der Waals surface area contributed by atoms with Gasteiger partial charge in [-0.1, -0.05) is 6.07 Å². The largest absolute Gasteiger partial charge is 0.485 e. The molecule has 0 aliphatic carbocycles. The summed E-state index contributed by atoms with van der Waals surface area (Å²) in [7, 11) is 0. The van der Waals surface area contributed by atoms with Crippen LogP contribution in [0.25, 0.3) is 11.1 Å². The number of benzene rings is 1. The second kappa shape index (κ2) is 5.52. The average Bonchev–Trinajstić information content (AvgIpc) is 2.90. The molecule has 21 heavy (non-hydrogen) atoms. The number of rotatable bonds is 3. The molecule has 0 saturated carbocycles. The number of fused-ring (bicyclic) bond motifs is 1. The second-order valence-electron chi connectivity index (χ2n) is 5.07. The summed E-state index contributed by atoms with van der Waals surface area (Å²) in [5.41, 5.74) is 2.47. The lowest BCUT2D eigenvalue weighted by atomic mass is 10.0. The van der Waals surface area contributed by atoms with E-state index in [9.17, 15) is 9.18 Å². The van der Waals surface area contributed by atoms with Crippen molar-refractivity contribution in [1.82, 2.24) is 10.3 Å². The number of hydrogen-bond donors (Lipinski definition) is 1. The molecule has 2 heterocycles. The van der Waals surface area contributed by atoms with Crippen LogP contribution in [-0.4, -0.2) is 23.5 Å². The van der Waals surface area contributed by atoms with Crippen molar-refractivity contribution in [1.29, 1.82) is 0 Å². The minimum absolute atomic E-state index is 0.119. The molecule has 0 saturated heterocycles. The fourth-order valence-electron chi connectivity index (χ4n) is 2.46.